The summed E-state index contributed by atoms with van der Waals surface area (Å²) in [5.74, 6) is 0.838. The summed E-state index contributed by atoms with van der Waals surface area (Å²) >= 11 is 0. The quantitative estimate of drug-likeness (QED) is 0.934. The highest BCUT2D eigenvalue weighted by molar-refractivity contribution is 5.96. The van der Waals surface area contributed by atoms with Crippen LogP contribution in [0.4, 0.5) is 5.69 Å². The summed E-state index contributed by atoms with van der Waals surface area (Å²) in [6, 6.07) is 15.0. The number of amides is 1. The summed E-state index contributed by atoms with van der Waals surface area (Å²) in [5, 5.41) is 10.8. The van der Waals surface area contributed by atoms with Crippen LogP contribution >= 0.6 is 0 Å². The number of hydrogen-bond acceptors (Lipinski definition) is 4. The van der Waals surface area contributed by atoms with E-state index < -0.39 is 12.0 Å². The molecule has 0 spiro atoms. The molecule has 2 heterocycles. The molecule has 2 aliphatic heterocycles. The Balaban J connectivity index is 1.57. The van der Waals surface area contributed by atoms with Gasteiger partial charge in [0, 0.05) is 12.2 Å². The molecule has 1 amide bonds. The van der Waals surface area contributed by atoms with Crippen LogP contribution in [0, 0.1) is 5.92 Å². The molecule has 130 valence electrons. The summed E-state index contributed by atoms with van der Waals surface area (Å²) in [5.41, 5.74) is 1.57. The lowest BCUT2D eigenvalue weighted by atomic mass is 9.87. The average molecular weight is 339 g/mol. The van der Waals surface area contributed by atoms with Gasteiger partial charge in [0.05, 0.1) is 12.0 Å². The second-order valence-corrected chi connectivity index (χ2v) is 6.42. The Labute approximate surface area is 146 Å². The van der Waals surface area contributed by atoms with E-state index in [1.165, 1.54) is 0 Å². The normalized spacial score (nSPS) is 21.1. The van der Waals surface area contributed by atoms with Crippen LogP contribution in [0.3, 0.4) is 0 Å². The SMILES string of the molecule is O=C1[C@H]([C@H](O)c2ccc3c(c2)OCCO3)CCCN1c1ccccc1. The number of hydrogen-bond donors (Lipinski definition) is 1. The molecule has 0 unspecified atom stereocenters. The van der Waals surface area contributed by atoms with Crippen LogP contribution in [0.25, 0.3) is 0 Å². The van der Waals surface area contributed by atoms with E-state index in [1.807, 2.05) is 36.4 Å². The summed E-state index contributed by atoms with van der Waals surface area (Å²) in [4.78, 5) is 14.7. The first-order valence-corrected chi connectivity index (χ1v) is 8.68. The highest BCUT2D eigenvalue weighted by Crippen LogP contribution is 2.37. The predicted molar refractivity (Wildman–Crippen MR) is 93.9 cm³/mol. The largest absolute Gasteiger partial charge is 0.486 e. The Morgan fingerprint density at radius 2 is 1.80 bits per heavy atom. The number of para-hydroxylation sites is 1. The lowest BCUT2D eigenvalue weighted by Crippen LogP contribution is -2.43. The number of rotatable bonds is 3. The molecule has 0 saturated carbocycles. The van der Waals surface area contributed by atoms with Gasteiger partial charge in [-0.25, -0.2) is 0 Å². The number of aliphatic hydroxyl groups is 1. The van der Waals surface area contributed by atoms with Crippen molar-refractivity contribution in [3.8, 4) is 11.5 Å². The second kappa shape index (κ2) is 6.76. The number of ether oxygens (including phenoxy) is 2. The molecule has 0 radical (unpaired) electrons. The minimum Gasteiger partial charge on any atom is -0.486 e. The molecule has 2 aliphatic rings. The molecule has 1 fully saturated rings. The molecule has 4 rings (SSSR count). The number of piperidine rings is 1. The number of aliphatic hydroxyl groups excluding tert-OH is 1. The van der Waals surface area contributed by atoms with Crippen molar-refractivity contribution in [2.45, 2.75) is 18.9 Å². The van der Waals surface area contributed by atoms with Gasteiger partial charge in [0.1, 0.15) is 13.2 Å². The summed E-state index contributed by atoms with van der Waals surface area (Å²) in [6.07, 6.45) is 0.694. The van der Waals surface area contributed by atoms with Crippen LogP contribution in [0.15, 0.2) is 48.5 Å². The van der Waals surface area contributed by atoms with Gasteiger partial charge in [0.2, 0.25) is 5.91 Å². The molecule has 2 aromatic carbocycles. The van der Waals surface area contributed by atoms with Gasteiger partial charge in [-0.3, -0.25) is 4.79 Å². The zero-order valence-electron chi connectivity index (χ0n) is 13.9. The first-order valence-electron chi connectivity index (χ1n) is 8.68. The van der Waals surface area contributed by atoms with Gasteiger partial charge < -0.3 is 19.5 Å². The van der Waals surface area contributed by atoms with E-state index >= 15 is 0 Å². The molecule has 1 N–H and O–H groups in total. The van der Waals surface area contributed by atoms with Gasteiger partial charge in [-0.1, -0.05) is 24.3 Å². The molecule has 0 bridgehead atoms. The van der Waals surface area contributed by atoms with Crippen LogP contribution in [-0.4, -0.2) is 30.8 Å². The third-order valence-electron chi connectivity index (χ3n) is 4.84. The van der Waals surface area contributed by atoms with E-state index in [0.717, 1.165) is 12.1 Å². The molecule has 0 aromatic heterocycles. The zero-order valence-corrected chi connectivity index (χ0v) is 13.9. The molecule has 0 aliphatic carbocycles. The minimum absolute atomic E-state index is 0.0279. The van der Waals surface area contributed by atoms with Crippen molar-refractivity contribution >= 4 is 11.6 Å². The van der Waals surface area contributed by atoms with Gasteiger partial charge in [-0.05, 0) is 42.7 Å². The first-order chi connectivity index (χ1) is 12.2. The number of anilines is 1. The Kier molecular flexibility index (Phi) is 4.32. The molecule has 5 heteroatoms. The summed E-state index contributed by atoms with van der Waals surface area (Å²) < 4.78 is 11.1. The van der Waals surface area contributed by atoms with Gasteiger partial charge in [0.15, 0.2) is 11.5 Å². The zero-order chi connectivity index (χ0) is 17.2. The van der Waals surface area contributed by atoms with Crippen LogP contribution in [-0.2, 0) is 4.79 Å². The van der Waals surface area contributed by atoms with E-state index in [4.69, 9.17) is 9.47 Å². The summed E-state index contributed by atoms with van der Waals surface area (Å²) in [6.45, 7) is 1.71. The average Bonchev–Trinajstić information content (AvgIpc) is 2.68. The fourth-order valence-electron chi connectivity index (χ4n) is 3.54. The Morgan fingerprint density at radius 1 is 1.04 bits per heavy atom. The smallest absolute Gasteiger partial charge is 0.233 e. The lowest BCUT2D eigenvalue weighted by Gasteiger charge is -2.34. The lowest BCUT2D eigenvalue weighted by molar-refractivity contribution is -0.127. The Bertz CT molecular complexity index is 762. The van der Waals surface area contributed by atoms with Gasteiger partial charge in [-0.15, -0.1) is 0 Å². The Hall–Kier alpha value is -2.53. The Morgan fingerprint density at radius 3 is 2.60 bits per heavy atom. The van der Waals surface area contributed by atoms with Crippen molar-refractivity contribution in [2.24, 2.45) is 5.92 Å². The van der Waals surface area contributed by atoms with Crippen LogP contribution in [0.1, 0.15) is 24.5 Å². The van der Waals surface area contributed by atoms with Gasteiger partial charge in [-0.2, -0.15) is 0 Å². The maximum atomic E-state index is 12.9. The van der Waals surface area contributed by atoms with Gasteiger partial charge >= 0.3 is 0 Å². The van der Waals surface area contributed by atoms with E-state index in [1.54, 1.807) is 17.0 Å². The third-order valence-corrected chi connectivity index (χ3v) is 4.84. The van der Waals surface area contributed by atoms with E-state index in [0.29, 0.717) is 43.2 Å². The maximum Gasteiger partial charge on any atom is 0.233 e. The fraction of sp³-hybridized carbons (Fsp3) is 0.350. The topological polar surface area (TPSA) is 59.0 Å². The molecule has 2 atom stereocenters. The third kappa shape index (κ3) is 3.07. The number of fused-ring (bicyclic) bond motifs is 1. The van der Waals surface area contributed by atoms with Crippen LogP contribution in [0.2, 0.25) is 0 Å². The van der Waals surface area contributed by atoms with E-state index in [9.17, 15) is 9.90 Å². The van der Waals surface area contributed by atoms with E-state index in [2.05, 4.69) is 0 Å². The number of carbonyl (C=O) groups excluding carboxylic acids is 1. The van der Waals surface area contributed by atoms with Crippen molar-refractivity contribution in [1.82, 2.24) is 0 Å². The van der Waals surface area contributed by atoms with Crippen molar-refractivity contribution in [1.29, 1.82) is 0 Å². The fourth-order valence-corrected chi connectivity index (χ4v) is 3.54. The highest BCUT2D eigenvalue weighted by atomic mass is 16.6. The maximum absolute atomic E-state index is 12.9. The molecule has 25 heavy (non-hydrogen) atoms. The van der Waals surface area contributed by atoms with Crippen LogP contribution in [0.5, 0.6) is 11.5 Å². The molecule has 5 nitrogen and oxygen atoms in total. The molecule has 2 aromatic rings. The second-order valence-electron chi connectivity index (χ2n) is 6.42. The molecular formula is C20H21NO4. The van der Waals surface area contributed by atoms with Crippen molar-refractivity contribution < 1.29 is 19.4 Å². The molecular weight excluding hydrogens is 318 g/mol. The molecule has 1 saturated heterocycles. The number of carbonyl (C=O) groups is 1. The predicted octanol–water partition coefficient (Wildman–Crippen LogP) is 2.93. The summed E-state index contributed by atoms with van der Waals surface area (Å²) in [7, 11) is 0. The first kappa shape index (κ1) is 16.0. The monoisotopic (exact) mass is 339 g/mol. The van der Waals surface area contributed by atoms with Crippen molar-refractivity contribution in [3.05, 3.63) is 54.1 Å². The standard InChI is InChI=1S/C20H21NO4/c22-19(14-8-9-17-18(13-14)25-12-11-24-17)16-7-4-10-21(20(16)23)15-5-2-1-3-6-15/h1-3,5-6,8-9,13,16,19,22H,4,7,10-12H2/t16-,19+/m0/s1. The van der Waals surface area contributed by atoms with Gasteiger partial charge in [0.25, 0.3) is 0 Å². The number of nitrogens with zero attached hydrogens (tertiary/aromatic N) is 1. The number of benzene rings is 2. The van der Waals surface area contributed by atoms with Crippen molar-refractivity contribution in [2.75, 3.05) is 24.7 Å². The van der Waals surface area contributed by atoms with E-state index in [-0.39, 0.29) is 5.91 Å². The minimum atomic E-state index is -0.852. The highest BCUT2D eigenvalue weighted by Gasteiger charge is 2.35. The van der Waals surface area contributed by atoms with Crippen molar-refractivity contribution in [3.63, 3.8) is 0 Å². The van der Waals surface area contributed by atoms with Crippen LogP contribution < -0.4 is 14.4 Å².